The summed E-state index contributed by atoms with van der Waals surface area (Å²) in [5.41, 5.74) is -3.14. The van der Waals surface area contributed by atoms with Crippen molar-refractivity contribution in [3.8, 4) is 0 Å². The Morgan fingerprint density at radius 3 is 1.95 bits per heavy atom. The van der Waals surface area contributed by atoms with Gasteiger partial charge in [-0.2, -0.15) is 26.3 Å². The molecule has 234 valence electrons. The molecule has 1 saturated carbocycles. The molecule has 1 saturated heterocycles. The molecule has 1 aliphatic carbocycles. The van der Waals surface area contributed by atoms with Crippen molar-refractivity contribution in [3.63, 3.8) is 0 Å². The van der Waals surface area contributed by atoms with Gasteiger partial charge in [0.1, 0.15) is 0 Å². The van der Waals surface area contributed by atoms with Crippen LogP contribution in [0.1, 0.15) is 72.0 Å². The maximum Gasteiger partial charge on any atom is 0.416 e. The van der Waals surface area contributed by atoms with Gasteiger partial charge in [-0.15, -0.1) is 0 Å². The van der Waals surface area contributed by atoms with E-state index in [0.29, 0.717) is 42.8 Å². The molecule has 1 heterocycles. The Balaban J connectivity index is 1.58. The van der Waals surface area contributed by atoms with Crippen LogP contribution in [0.5, 0.6) is 0 Å². The van der Waals surface area contributed by atoms with Crippen LogP contribution in [0.25, 0.3) is 0 Å². The second-order valence-corrected chi connectivity index (χ2v) is 11.7. The van der Waals surface area contributed by atoms with E-state index in [2.05, 4.69) is 5.32 Å². The highest BCUT2D eigenvalue weighted by Gasteiger charge is 2.41. The van der Waals surface area contributed by atoms with Gasteiger partial charge in [0.05, 0.1) is 11.1 Å². The fourth-order valence-corrected chi connectivity index (χ4v) is 6.23. The molecule has 0 unspecified atom stereocenters. The summed E-state index contributed by atoms with van der Waals surface area (Å²) in [5.74, 6) is -1.89. The number of carbonyl (C=O) groups excluding carboxylic acids is 3. The molecule has 2 aromatic carbocycles. The van der Waals surface area contributed by atoms with E-state index in [1.165, 1.54) is 18.9 Å². The maximum absolute atomic E-state index is 13.5. The fourth-order valence-electron chi connectivity index (χ4n) is 6.10. The summed E-state index contributed by atoms with van der Waals surface area (Å²) >= 11 is 6.07. The first kappa shape index (κ1) is 32.6. The normalized spacial score (nSPS) is 23.0. The molecule has 0 spiro atoms. The average Bonchev–Trinajstić information content (AvgIpc) is 2.95. The predicted molar refractivity (Wildman–Crippen MR) is 147 cm³/mol. The third-order valence-electron chi connectivity index (χ3n) is 8.32. The predicted octanol–water partition coefficient (Wildman–Crippen LogP) is 6.53. The zero-order chi connectivity index (χ0) is 31.7. The minimum atomic E-state index is -5.09. The van der Waals surface area contributed by atoms with Crippen molar-refractivity contribution in [2.45, 2.75) is 69.4 Å². The van der Waals surface area contributed by atoms with Gasteiger partial charge in [-0.3, -0.25) is 14.4 Å². The van der Waals surface area contributed by atoms with E-state index >= 15 is 0 Å². The summed E-state index contributed by atoms with van der Waals surface area (Å²) in [7, 11) is 1.35. The molecule has 3 amide bonds. The monoisotopic (exact) mass is 631 g/mol. The third-order valence-corrected chi connectivity index (χ3v) is 8.57. The molecule has 0 radical (unpaired) electrons. The number of benzene rings is 2. The third kappa shape index (κ3) is 7.82. The Labute approximate surface area is 250 Å². The first-order valence-electron chi connectivity index (χ1n) is 13.9. The number of likely N-dealkylation sites (N-methyl/N-ethyl adjacent to an activating group) is 1. The number of likely N-dealkylation sites (tertiary alicyclic amines) is 1. The molecule has 1 N–H and O–H groups in total. The lowest BCUT2D eigenvalue weighted by Crippen LogP contribution is -2.53. The summed E-state index contributed by atoms with van der Waals surface area (Å²) in [6.45, 7) is 1.90. The van der Waals surface area contributed by atoms with E-state index in [4.69, 9.17) is 11.6 Å². The van der Waals surface area contributed by atoms with E-state index < -0.39 is 46.9 Å². The molecule has 4 rings (SSSR count). The Morgan fingerprint density at radius 1 is 0.884 bits per heavy atom. The number of nitrogens with one attached hydrogen (secondary N) is 1. The molecule has 13 heteroatoms. The lowest BCUT2D eigenvalue weighted by molar-refractivity contribution is -0.143. The maximum atomic E-state index is 13.5. The summed E-state index contributed by atoms with van der Waals surface area (Å²) < 4.78 is 80.8. The lowest BCUT2D eigenvalue weighted by atomic mass is 9.82. The van der Waals surface area contributed by atoms with Crippen molar-refractivity contribution in [2.75, 3.05) is 20.1 Å². The molecule has 2 aromatic rings. The van der Waals surface area contributed by atoms with Crippen LogP contribution in [0.3, 0.4) is 0 Å². The van der Waals surface area contributed by atoms with Crippen LogP contribution < -0.4 is 5.32 Å². The lowest BCUT2D eigenvalue weighted by Gasteiger charge is -2.44. The molecule has 1 aliphatic heterocycles. The van der Waals surface area contributed by atoms with Crippen LogP contribution in [0, 0.1) is 5.92 Å². The standard InChI is InChI=1S/C30H32ClF6N3O3/c1-17(41)38-24-9-5-19(6-10-24)28(43)40-12-11-26(25(16-40)18-3-7-23(31)8-4-18)39(2)27(42)20-13-21(29(32,33)34)15-22(14-20)30(35,36)37/h3-4,7-8,13-15,19,24-26H,5-6,9-12,16H2,1-2H3,(H,38,41)/t19?,24?,25-,26+/m0/s1. The van der Waals surface area contributed by atoms with E-state index in [-0.39, 0.29) is 49.4 Å². The highest BCUT2D eigenvalue weighted by Crippen LogP contribution is 2.38. The summed E-state index contributed by atoms with van der Waals surface area (Å²) in [4.78, 5) is 41.3. The molecule has 0 aromatic heterocycles. The topological polar surface area (TPSA) is 69.7 Å². The molecule has 2 fully saturated rings. The molecule has 2 aliphatic rings. The van der Waals surface area contributed by atoms with Gasteiger partial charge in [-0.1, -0.05) is 23.7 Å². The molecule has 0 bridgehead atoms. The van der Waals surface area contributed by atoms with E-state index in [0.717, 1.165) is 5.56 Å². The van der Waals surface area contributed by atoms with Gasteiger partial charge in [0.2, 0.25) is 11.8 Å². The minimum absolute atomic E-state index is 0.0129. The second-order valence-electron chi connectivity index (χ2n) is 11.3. The minimum Gasteiger partial charge on any atom is -0.354 e. The van der Waals surface area contributed by atoms with Gasteiger partial charge in [0.25, 0.3) is 5.91 Å². The number of hydrogen-bond donors (Lipinski definition) is 1. The van der Waals surface area contributed by atoms with E-state index in [1.807, 2.05) is 0 Å². The zero-order valence-electron chi connectivity index (χ0n) is 23.6. The van der Waals surface area contributed by atoms with Crippen LogP contribution in [0.4, 0.5) is 26.3 Å². The number of carbonyl (C=O) groups is 3. The van der Waals surface area contributed by atoms with Crippen molar-refractivity contribution in [2.24, 2.45) is 5.92 Å². The highest BCUT2D eigenvalue weighted by molar-refractivity contribution is 6.30. The van der Waals surface area contributed by atoms with Crippen molar-refractivity contribution in [1.82, 2.24) is 15.1 Å². The average molecular weight is 632 g/mol. The van der Waals surface area contributed by atoms with Gasteiger partial charge in [-0.05, 0) is 68.0 Å². The number of alkyl halides is 6. The number of piperidine rings is 1. The Hall–Kier alpha value is -3.28. The quantitative estimate of drug-likeness (QED) is 0.382. The molecule has 6 nitrogen and oxygen atoms in total. The van der Waals surface area contributed by atoms with Crippen LogP contribution in [-0.4, -0.2) is 59.7 Å². The largest absolute Gasteiger partial charge is 0.416 e. The van der Waals surface area contributed by atoms with Crippen molar-refractivity contribution in [3.05, 3.63) is 69.7 Å². The fraction of sp³-hybridized carbons (Fsp3) is 0.500. The Morgan fingerprint density at radius 2 is 1.44 bits per heavy atom. The van der Waals surface area contributed by atoms with Gasteiger partial charge in [0, 0.05) is 61.6 Å². The molecular weight excluding hydrogens is 600 g/mol. The Kier molecular flexibility index (Phi) is 9.68. The SMILES string of the molecule is CC(=O)NC1CCC(C(=O)N2CC[C@@H](N(C)C(=O)c3cc(C(F)(F)F)cc(C(F)(F)F)c3)[C@H](c3ccc(Cl)cc3)C2)CC1. The number of nitrogens with zero attached hydrogens (tertiary/aromatic N) is 2. The van der Waals surface area contributed by atoms with Crippen LogP contribution in [0.15, 0.2) is 42.5 Å². The summed E-state index contributed by atoms with van der Waals surface area (Å²) in [6, 6.07) is 6.99. The van der Waals surface area contributed by atoms with Crippen molar-refractivity contribution >= 4 is 29.3 Å². The number of amides is 3. The van der Waals surface area contributed by atoms with E-state index in [1.54, 1.807) is 29.2 Å². The first-order chi connectivity index (χ1) is 20.0. The number of rotatable bonds is 5. The molecular formula is C30H32ClF6N3O3. The van der Waals surface area contributed by atoms with Crippen molar-refractivity contribution in [1.29, 1.82) is 0 Å². The second kappa shape index (κ2) is 12.8. The smallest absolute Gasteiger partial charge is 0.354 e. The van der Waals surface area contributed by atoms with Crippen LogP contribution in [-0.2, 0) is 21.9 Å². The van der Waals surface area contributed by atoms with Crippen LogP contribution >= 0.6 is 11.6 Å². The van der Waals surface area contributed by atoms with Crippen LogP contribution in [0.2, 0.25) is 5.02 Å². The summed E-state index contributed by atoms with van der Waals surface area (Å²) in [6.07, 6.45) is -7.38. The molecule has 43 heavy (non-hydrogen) atoms. The number of halogens is 7. The molecule has 2 atom stereocenters. The van der Waals surface area contributed by atoms with Gasteiger partial charge in [-0.25, -0.2) is 0 Å². The summed E-state index contributed by atoms with van der Waals surface area (Å²) in [5, 5.41) is 3.33. The van der Waals surface area contributed by atoms with Crippen molar-refractivity contribution < 1.29 is 40.7 Å². The van der Waals surface area contributed by atoms with Gasteiger partial charge >= 0.3 is 12.4 Å². The highest BCUT2D eigenvalue weighted by atomic mass is 35.5. The zero-order valence-corrected chi connectivity index (χ0v) is 24.3. The first-order valence-corrected chi connectivity index (χ1v) is 14.3. The van der Waals surface area contributed by atoms with Gasteiger partial charge < -0.3 is 15.1 Å². The van der Waals surface area contributed by atoms with Gasteiger partial charge in [0.15, 0.2) is 0 Å². The Bertz CT molecular complexity index is 1310. The van der Waals surface area contributed by atoms with E-state index in [9.17, 15) is 40.7 Å². The number of hydrogen-bond acceptors (Lipinski definition) is 3.